The van der Waals surface area contributed by atoms with Crippen LogP contribution in [-0.2, 0) is 20.7 Å². The molecule has 2 aliphatic heterocycles. The summed E-state index contributed by atoms with van der Waals surface area (Å²) in [6.07, 6.45) is 0.932. The van der Waals surface area contributed by atoms with Crippen LogP contribution in [0.1, 0.15) is 29.2 Å². The summed E-state index contributed by atoms with van der Waals surface area (Å²) in [5.74, 6) is -0.285. The molecule has 2 aromatic carbocycles. The zero-order chi connectivity index (χ0) is 20.2. The molecule has 154 valence electrons. The van der Waals surface area contributed by atoms with Gasteiger partial charge in [-0.3, -0.25) is 4.79 Å². The molecule has 0 radical (unpaired) electrons. The summed E-state index contributed by atoms with van der Waals surface area (Å²) in [6.45, 7) is 2.31. The van der Waals surface area contributed by atoms with E-state index in [1.54, 1.807) is 19.2 Å². The molecule has 29 heavy (non-hydrogen) atoms. The van der Waals surface area contributed by atoms with Crippen LogP contribution in [0.25, 0.3) is 0 Å². The van der Waals surface area contributed by atoms with Crippen molar-refractivity contribution in [3.05, 3.63) is 71.0 Å². The fourth-order valence-corrected chi connectivity index (χ4v) is 4.29. The lowest BCUT2D eigenvalue weighted by atomic mass is 9.87. The lowest BCUT2D eigenvalue weighted by molar-refractivity contribution is -0.146. The molecule has 1 amide bonds. The summed E-state index contributed by atoms with van der Waals surface area (Å²) < 4.78 is 24.7. The number of nitrogens with one attached hydrogen (secondary N) is 1. The maximum Gasteiger partial charge on any atom is 0.252 e. The Bertz CT molecular complexity index is 842. The van der Waals surface area contributed by atoms with Crippen LogP contribution in [0.4, 0.5) is 4.39 Å². The van der Waals surface area contributed by atoms with E-state index in [1.165, 1.54) is 17.7 Å². The van der Waals surface area contributed by atoms with E-state index >= 15 is 0 Å². The minimum absolute atomic E-state index is 0.00584. The Hall–Kier alpha value is -2.28. The molecule has 1 fully saturated rings. The predicted molar refractivity (Wildman–Crippen MR) is 108 cm³/mol. The van der Waals surface area contributed by atoms with Crippen molar-refractivity contribution in [2.75, 3.05) is 33.4 Å². The Morgan fingerprint density at radius 3 is 2.83 bits per heavy atom. The number of halogens is 1. The molecule has 2 aliphatic rings. The van der Waals surface area contributed by atoms with Gasteiger partial charge in [-0.1, -0.05) is 36.4 Å². The van der Waals surface area contributed by atoms with Crippen molar-refractivity contribution in [2.45, 2.75) is 31.0 Å². The highest BCUT2D eigenvalue weighted by Gasteiger charge is 2.36. The summed E-state index contributed by atoms with van der Waals surface area (Å²) in [7, 11) is 1.66. The second-order valence-corrected chi connectivity index (χ2v) is 7.65. The SMILES string of the molecule is COC[C@@H]1CO[C@H](C(=O)N2CCc3ccccc3[C@@H]2c2ccc(F)cc2)CCN1. The fourth-order valence-electron chi connectivity index (χ4n) is 4.29. The van der Waals surface area contributed by atoms with Crippen LogP contribution in [0.3, 0.4) is 0 Å². The Balaban J connectivity index is 1.61. The Kier molecular flexibility index (Phi) is 6.23. The highest BCUT2D eigenvalue weighted by atomic mass is 19.1. The molecule has 1 saturated heterocycles. The lowest BCUT2D eigenvalue weighted by Crippen LogP contribution is -2.46. The normalized spacial score (nSPS) is 24.6. The van der Waals surface area contributed by atoms with Crippen molar-refractivity contribution in [1.29, 1.82) is 0 Å². The van der Waals surface area contributed by atoms with Gasteiger partial charge in [0.2, 0.25) is 0 Å². The largest absolute Gasteiger partial charge is 0.383 e. The van der Waals surface area contributed by atoms with E-state index in [2.05, 4.69) is 17.4 Å². The van der Waals surface area contributed by atoms with Gasteiger partial charge in [-0.2, -0.15) is 0 Å². The molecule has 1 N–H and O–H groups in total. The Morgan fingerprint density at radius 2 is 2.03 bits per heavy atom. The molecule has 4 rings (SSSR count). The van der Waals surface area contributed by atoms with Crippen molar-refractivity contribution < 1.29 is 18.7 Å². The summed E-state index contributed by atoms with van der Waals surface area (Å²) in [5.41, 5.74) is 3.24. The van der Waals surface area contributed by atoms with E-state index in [4.69, 9.17) is 9.47 Å². The first kappa shape index (κ1) is 20.0. The minimum Gasteiger partial charge on any atom is -0.383 e. The average molecular weight is 398 g/mol. The van der Waals surface area contributed by atoms with Gasteiger partial charge >= 0.3 is 0 Å². The highest BCUT2D eigenvalue weighted by molar-refractivity contribution is 5.82. The van der Waals surface area contributed by atoms with E-state index in [1.807, 2.05) is 17.0 Å². The van der Waals surface area contributed by atoms with Gasteiger partial charge in [0, 0.05) is 13.7 Å². The number of fused-ring (bicyclic) bond motifs is 1. The molecular formula is C23H27FN2O3. The number of carbonyl (C=O) groups is 1. The summed E-state index contributed by atoms with van der Waals surface area (Å²) >= 11 is 0. The van der Waals surface area contributed by atoms with Gasteiger partial charge in [-0.15, -0.1) is 0 Å². The standard InChI is InChI=1S/C23H27FN2O3/c1-28-14-19-15-29-21(10-12-25-19)23(27)26-13-11-16-4-2-3-5-20(16)22(26)17-6-8-18(24)9-7-17/h2-9,19,21-22,25H,10-15H2,1H3/t19-,21+,22+/m1/s1. The molecule has 0 unspecified atom stereocenters. The van der Waals surface area contributed by atoms with Crippen molar-refractivity contribution in [1.82, 2.24) is 10.2 Å². The second kappa shape index (κ2) is 9.03. The number of nitrogens with zero attached hydrogens (tertiary/aromatic N) is 1. The molecule has 0 bridgehead atoms. The maximum absolute atomic E-state index is 13.5. The zero-order valence-corrected chi connectivity index (χ0v) is 16.6. The molecule has 2 aromatic rings. The minimum atomic E-state index is -0.488. The molecule has 5 nitrogen and oxygen atoms in total. The molecule has 0 saturated carbocycles. The van der Waals surface area contributed by atoms with Gasteiger partial charge in [-0.05, 0) is 48.2 Å². The third-order valence-corrected chi connectivity index (χ3v) is 5.73. The van der Waals surface area contributed by atoms with E-state index in [9.17, 15) is 9.18 Å². The second-order valence-electron chi connectivity index (χ2n) is 7.65. The third-order valence-electron chi connectivity index (χ3n) is 5.73. The number of rotatable bonds is 4. The quantitative estimate of drug-likeness (QED) is 0.861. The van der Waals surface area contributed by atoms with E-state index in [0.29, 0.717) is 32.7 Å². The monoisotopic (exact) mass is 398 g/mol. The molecule has 0 spiro atoms. The fraction of sp³-hybridized carbons (Fsp3) is 0.435. The Morgan fingerprint density at radius 1 is 1.24 bits per heavy atom. The predicted octanol–water partition coefficient (Wildman–Crippen LogP) is 2.69. The summed E-state index contributed by atoms with van der Waals surface area (Å²) in [5, 5.41) is 3.37. The first-order chi connectivity index (χ1) is 14.2. The first-order valence-corrected chi connectivity index (χ1v) is 10.1. The van der Waals surface area contributed by atoms with Crippen LogP contribution in [-0.4, -0.2) is 56.4 Å². The number of hydrogen-bond acceptors (Lipinski definition) is 4. The van der Waals surface area contributed by atoms with Gasteiger partial charge in [0.25, 0.3) is 5.91 Å². The van der Waals surface area contributed by atoms with Crippen molar-refractivity contribution in [2.24, 2.45) is 0 Å². The van der Waals surface area contributed by atoms with Crippen LogP contribution in [0.2, 0.25) is 0 Å². The maximum atomic E-state index is 13.5. The van der Waals surface area contributed by atoms with Crippen LogP contribution in [0, 0.1) is 5.82 Å². The number of methoxy groups -OCH3 is 1. The van der Waals surface area contributed by atoms with E-state index in [-0.39, 0.29) is 23.8 Å². The first-order valence-electron chi connectivity index (χ1n) is 10.1. The van der Waals surface area contributed by atoms with Crippen LogP contribution < -0.4 is 5.32 Å². The number of benzene rings is 2. The smallest absolute Gasteiger partial charge is 0.252 e. The lowest BCUT2D eigenvalue weighted by Gasteiger charge is -2.39. The van der Waals surface area contributed by atoms with Gasteiger partial charge in [0.05, 0.1) is 25.3 Å². The van der Waals surface area contributed by atoms with Crippen molar-refractivity contribution in [3.8, 4) is 0 Å². The Labute approximate surface area is 170 Å². The van der Waals surface area contributed by atoms with Crippen molar-refractivity contribution in [3.63, 3.8) is 0 Å². The van der Waals surface area contributed by atoms with Gasteiger partial charge in [-0.25, -0.2) is 4.39 Å². The number of hydrogen-bond donors (Lipinski definition) is 1. The van der Waals surface area contributed by atoms with Crippen LogP contribution >= 0.6 is 0 Å². The van der Waals surface area contributed by atoms with Gasteiger partial charge in [0.15, 0.2) is 0 Å². The number of ether oxygens (including phenoxy) is 2. The van der Waals surface area contributed by atoms with Crippen LogP contribution in [0.15, 0.2) is 48.5 Å². The topological polar surface area (TPSA) is 50.8 Å². The average Bonchev–Trinajstić information content (AvgIpc) is 2.99. The van der Waals surface area contributed by atoms with E-state index in [0.717, 1.165) is 17.5 Å². The molecule has 0 aliphatic carbocycles. The van der Waals surface area contributed by atoms with Gasteiger partial charge in [0.1, 0.15) is 11.9 Å². The molecule has 0 aromatic heterocycles. The van der Waals surface area contributed by atoms with Crippen molar-refractivity contribution >= 4 is 5.91 Å². The third kappa shape index (κ3) is 4.34. The summed E-state index contributed by atoms with van der Waals surface area (Å²) in [4.78, 5) is 15.4. The molecule has 3 atom stereocenters. The highest BCUT2D eigenvalue weighted by Crippen LogP contribution is 2.36. The number of amides is 1. The zero-order valence-electron chi connectivity index (χ0n) is 16.6. The molecule has 6 heteroatoms. The number of carbonyl (C=O) groups excluding carboxylic acids is 1. The van der Waals surface area contributed by atoms with E-state index < -0.39 is 6.10 Å². The van der Waals surface area contributed by atoms with Gasteiger partial charge < -0.3 is 19.7 Å². The molecule has 2 heterocycles. The summed E-state index contributed by atoms with van der Waals surface area (Å²) in [6, 6.07) is 14.5. The van der Waals surface area contributed by atoms with Crippen LogP contribution in [0.5, 0.6) is 0 Å². The molecular weight excluding hydrogens is 371 g/mol.